The van der Waals surface area contributed by atoms with Crippen molar-refractivity contribution in [1.82, 2.24) is 4.73 Å². The Balaban J connectivity index is 1.64. The summed E-state index contributed by atoms with van der Waals surface area (Å²) in [7, 11) is 1.66. The molecule has 0 saturated heterocycles. The zero-order valence-electron chi connectivity index (χ0n) is 21.2. The van der Waals surface area contributed by atoms with Gasteiger partial charge in [0.1, 0.15) is 11.0 Å². The predicted molar refractivity (Wildman–Crippen MR) is 143 cm³/mol. The summed E-state index contributed by atoms with van der Waals surface area (Å²) in [6, 6.07) is 9.26. The Kier molecular flexibility index (Phi) is 6.12. The van der Waals surface area contributed by atoms with Gasteiger partial charge in [-0.25, -0.2) is 4.99 Å². The van der Waals surface area contributed by atoms with Crippen LogP contribution in [0.4, 0.5) is 0 Å². The van der Waals surface area contributed by atoms with Crippen LogP contribution in [0.2, 0.25) is 10.0 Å². The SMILES string of the molecule is COc1cc2c(c3c1OC(C)(C)C3)C(c1cccc(C(=O)N=c3c(Cl)cn(O)cc3Cl)c1)=NC(C)(C)C2. The lowest BCUT2D eigenvalue weighted by Gasteiger charge is -2.31. The number of nitrogens with zero attached hydrogens (tertiary/aromatic N) is 3. The van der Waals surface area contributed by atoms with Gasteiger partial charge >= 0.3 is 0 Å². The Labute approximate surface area is 225 Å². The lowest BCUT2D eigenvalue weighted by Crippen LogP contribution is -2.30. The molecule has 0 unspecified atom stereocenters. The molecule has 0 spiro atoms. The molecule has 0 radical (unpaired) electrons. The number of amides is 1. The van der Waals surface area contributed by atoms with E-state index in [2.05, 4.69) is 32.7 Å². The molecule has 3 heterocycles. The summed E-state index contributed by atoms with van der Waals surface area (Å²) in [5.41, 5.74) is 4.46. The van der Waals surface area contributed by atoms with Crippen LogP contribution < -0.4 is 14.8 Å². The number of carbonyl (C=O) groups is 1. The van der Waals surface area contributed by atoms with Crippen molar-refractivity contribution in [3.8, 4) is 11.5 Å². The molecular weight excluding hydrogens is 513 g/mol. The molecule has 1 amide bonds. The average molecular weight is 540 g/mol. The van der Waals surface area contributed by atoms with Gasteiger partial charge in [-0.15, -0.1) is 0 Å². The zero-order chi connectivity index (χ0) is 26.7. The molecule has 2 aromatic carbocycles. The van der Waals surface area contributed by atoms with Gasteiger partial charge in [0.25, 0.3) is 5.91 Å². The van der Waals surface area contributed by atoms with Crippen molar-refractivity contribution in [3.05, 3.63) is 85.9 Å². The van der Waals surface area contributed by atoms with Crippen LogP contribution in [0, 0.1) is 0 Å². The van der Waals surface area contributed by atoms with E-state index < -0.39 is 5.91 Å². The number of halogens is 2. The number of benzene rings is 2. The molecule has 0 saturated carbocycles. The first-order chi connectivity index (χ1) is 17.4. The van der Waals surface area contributed by atoms with Crippen LogP contribution in [0.5, 0.6) is 11.5 Å². The highest BCUT2D eigenvalue weighted by atomic mass is 35.5. The number of hydrogen-bond donors (Lipinski definition) is 1. The maximum atomic E-state index is 13.1. The normalized spacial score (nSPS) is 16.8. The number of fused-ring (bicyclic) bond motifs is 3. The first kappa shape index (κ1) is 25.4. The van der Waals surface area contributed by atoms with Crippen molar-refractivity contribution in [2.24, 2.45) is 9.98 Å². The lowest BCUT2D eigenvalue weighted by atomic mass is 9.80. The van der Waals surface area contributed by atoms with Gasteiger partial charge in [-0.3, -0.25) is 9.79 Å². The number of hydrogen-bond acceptors (Lipinski definition) is 5. The van der Waals surface area contributed by atoms with Gasteiger partial charge in [0.05, 0.1) is 40.8 Å². The maximum Gasteiger partial charge on any atom is 0.277 e. The molecule has 5 rings (SSSR count). The van der Waals surface area contributed by atoms with Crippen molar-refractivity contribution in [3.63, 3.8) is 0 Å². The third-order valence-electron chi connectivity index (χ3n) is 6.44. The summed E-state index contributed by atoms with van der Waals surface area (Å²) >= 11 is 12.3. The second kappa shape index (κ2) is 8.92. The first-order valence-corrected chi connectivity index (χ1v) is 12.6. The highest BCUT2D eigenvalue weighted by Gasteiger charge is 2.39. The van der Waals surface area contributed by atoms with Gasteiger partial charge in [0.15, 0.2) is 11.5 Å². The van der Waals surface area contributed by atoms with Crippen molar-refractivity contribution in [1.29, 1.82) is 0 Å². The van der Waals surface area contributed by atoms with E-state index in [9.17, 15) is 10.0 Å². The van der Waals surface area contributed by atoms with Gasteiger partial charge in [0.2, 0.25) is 0 Å². The van der Waals surface area contributed by atoms with Crippen LogP contribution in [0.1, 0.15) is 60.3 Å². The van der Waals surface area contributed by atoms with Gasteiger partial charge in [-0.2, -0.15) is 4.73 Å². The van der Waals surface area contributed by atoms with Crippen molar-refractivity contribution in [2.75, 3.05) is 7.11 Å². The van der Waals surface area contributed by atoms with Crippen LogP contribution in [0.15, 0.2) is 52.7 Å². The fourth-order valence-corrected chi connectivity index (χ4v) is 5.54. The van der Waals surface area contributed by atoms with E-state index in [4.69, 9.17) is 37.7 Å². The Morgan fingerprint density at radius 1 is 1.14 bits per heavy atom. The van der Waals surface area contributed by atoms with E-state index in [-0.39, 0.29) is 26.5 Å². The van der Waals surface area contributed by atoms with E-state index in [1.807, 2.05) is 18.2 Å². The van der Waals surface area contributed by atoms with E-state index in [0.717, 1.165) is 45.9 Å². The molecule has 1 N–H and O–H groups in total. The highest BCUT2D eigenvalue weighted by Crippen LogP contribution is 2.47. The van der Waals surface area contributed by atoms with E-state index in [1.165, 1.54) is 12.4 Å². The van der Waals surface area contributed by atoms with Gasteiger partial charge < -0.3 is 14.7 Å². The number of rotatable bonds is 3. The number of ether oxygens (including phenoxy) is 2. The monoisotopic (exact) mass is 539 g/mol. The molecule has 192 valence electrons. The Morgan fingerprint density at radius 2 is 1.84 bits per heavy atom. The summed E-state index contributed by atoms with van der Waals surface area (Å²) in [4.78, 5) is 22.4. The van der Waals surface area contributed by atoms with Crippen molar-refractivity contribution >= 4 is 34.8 Å². The van der Waals surface area contributed by atoms with E-state index in [1.54, 1.807) is 19.2 Å². The van der Waals surface area contributed by atoms with Crippen molar-refractivity contribution in [2.45, 2.75) is 51.7 Å². The Hall–Kier alpha value is -3.29. The fourth-order valence-electron chi connectivity index (χ4n) is 5.01. The molecule has 0 aliphatic carbocycles. The van der Waals surface area contributed by atoms with Crippen LogP contribution >= 0.6 is 23.2 Å². The summed E-state index contributed by atoms with van der Waals surface area (Å²) in [6.07, 6.45) is 3.89. The van der Waals surface area contributed by atoms with Crippen LogP contribution in [0.25, 0.3) is 0 Å². The molecule has 0 atom stereocenters. The fraction of sp³-hybridized carbons (Fsp3) is 0.321. The number of carbonyl (C=O) groups excluding carboxylic acids is 1. The second-order valence-electron chi connectivity index (χ2n) is 10.6. The number of methoxy groups -OCH3 is 1. The quantitative estimate of drug-likeness (QED) is 0.434. The van der Waals surface area contributed by atoms with E-state index in [0.29, 0.717) is 16.7 Å². The van der Waals surface area contributed by atoms with Crippen LogP contribution in [-0.4, -0.2) is 39.8 Å². The summed E-state index contributed by atoms with van der Waals surface area (Å²) in [6.45, 7) is 8.29. The number of pyridine rings is 1. The molecular formula is C28H27Cl2N3O4. The summed E-state index contributed by atoms with van der Waals surface area (Å²) in [5.74, 6) is 0.956. The highest BCUT2D eigenvalue weighted by molar-refractivity contribution is 6.34. The smallest absolute Gasteiger partial charge is 0.277 e. The van der Waals surface area contributed by atoms with Crippen LogP contribution in [-0.2, 0) is 12.8 Å². The largest absolute Gasteiger partial charge is 0.493 e. The molecule has 9 heteroatoms. The molecule has 37 heavy (non-hydrogen) atoms. The molecule has 3 aromatic rings. The summed E-state index contributed by atoms with van der Waals surface area (Å²) in [5, 5.41) is 9.80. The summed E-state index contributed by atoms with van der Waals surface area (Å²) < 4.78 is 12.7. The molecule has 7 nitrogen and oxygen atoms in total. The topological polar surface area (TPSA) is 85.4 Å². The molecule has 1 aromatic heterocycles. The van der Waals surface area contributed by atoms with Gasteiger partial charge in [0, 0.05) is 28.7 Å². The standard InChI is InChI=1S/C28H27Cl2N3O4/c1-27(2)11-17-10-21(36-5)25-18(12-28(3,4)37-25)22(17)23(32-27)15-7-6-8-16(9-15)26(34)31-24-19(29)13-33(35)14-20(24)30/h6-10,13-14,35H,11-12H2,1-5H3. The molecule has 0 bridgehead atoms. The average Bonchev–Trinajstić information content (AvgIpc) is 3.14. The first-order valence-electron chi connectivity index (χ1n) is 11.9. The number of aliphatic imine (C=N–C) groups is 1. The van der Waals surface area contributed by atoms with Gasteiger partial charge in [-0.05, 0) is 57.9 Å². The van der Waals surface area contributed by atoms with Crippen molar-refractivity contribution < 1.29 is 19.5 Å². The second-order valence-corrected chi connectivity index (χ2v) is 11.4. The lowest BCUT2D eigenvalue weighted by molar-refractivity contribution is 0.0998. The van der Waals surface area contributed by atoms with Gasteiger partial charge in [-0.1, -0.05) is 35.3 Å². The number of aromatic nitrogens is 1. The molecule has 2 aliphatic rings. The zero-order valence-corrected chi connectivity index (χ0v) is 22.7. The van der Waals surface area contributed by atoms with E-state index >= 15 is 0 Å². The molecule has 2 aliphatic heterocycles. The molecule has 0 fully saturated rings. The maximum absolute atomic E-state index is 13.1. The Morgan fingerprint density at radius 3 is 2.51 bits per heavy atom. The minimum Gasteiger partial charge on any atom is -0.493 e. The minimum absolute atomic E-state index is 0.0546. The minimum atomic E-state index is -0.512. The predicted octanol–water partition coefficient (Wildman–Crippen LogP) is 5.67. The Bertz CT molecular complexity index is 1530. The third-order valence-corrected chi connectivity index (χ3v) is 6.99. The van der Waals surface area contributed by atoms with Crippen LogP contribution in [0.3, 0.4) is 0 Å². The third kappa shape index (κ3) is 4.74.